The Morgan fingerprint density at radius 3 is 2.57 bits per heavy atom. The lowest BCUT2D eigenvalue weighted by Gasteiger charge is -2.49. The topological polar surface area (TPSA) is 105 Å². The van der Waals surface area contributed by atoms with Crippen LogP contribution in [-0.4, -0.2) is 53.7 Å². The first-order valence-electron chi connectivity index (χ1n) is 10.8. The number of carboxylic acid groups (broad SMARTS) is 1. The van der Waals surface area contributed by atoms with Gasteiger partial charge in [0.05, 0.1) is 23.4 Å². The molecule has 2 heterocycles. The van der Waals surface area contributed by atoms with Crippen molar-refractivity contribution >= 4 is 29.2 Å². The van der Waals surface area contributed by atoms with Gasteiger partial charge in [-0.2, -0.15) is 0 Å². The number of methoxy groups -OCH3 is 1. The number of halogens is 1. The van der Waals surface area contributed by atoms with Gasteiger partial charge in [0.25, 0.3) is 5.91 Å². The van der Waals surface area contributed by atoms with Gasteiger partial charge in [-0.15, -0.1) is 0 Å². The van der Waals surface area contributed by atoms with Crippen molar-refractivity contribution in [3.8, 4) is 5.75 Å². The number of nitrogens with one attached hydrogen (secondary N) is 1. The van der Waals surface area contributed by atoms with Crippen molar-refractivity contribution < 1.29 is 19.4 Å². The van der Waals surface area contributed by atoms with Gasteiger partial charge in [0.1, 0.15) is 5.75 Å². The maximum atomic E-state index is 12.9. The SMILES string of the molecule is COc1cc(N)c(Cl)cc1C(=O)NC1CC2CCCC(C1)N2CCCCCC(=O)O. The average molecular weight is 438 g/mol. The maximum absolute atomic E-state index is 12.9. The van der Waals surface area contributed by atoms with Crippen molar-refractivity contribution in [3.63, 3.8) is 0 Å². The second-order valence-corrected chi connectivity index (χ2v) is 8.80. The number of fused-ring (bicyclic) bond motifs is 2. The van der Waals surface area contributed by atoms with Crippen molar-refractivity contribution in [2.45, 2.75) is 75.9 Å². The number of carboxylic acids is 1. The van der Waals surface area contributed by atoms with Crippen LogP contribution in [0.3, 0.4) is 0 Å². The van der Waals surface area contributed by atoms with E-state index < -0.39 is 5.97 Å². The molecule has 4 N–H and O–H groups in total. The molecule has 166 valence electrons. The van der Waals surface area contributed by atoms with Gasteiger partial charge in [-0.05, 0) is 51.1 Å². The average Bonchev–Trinajstić information content (AvgIpc) is 2.69. The molecule has 0 saturated carbocycles. The molecule has 2 unspecified atom stereocenters. The van der Waals surface area contributed by atoms with E-state index in [-0.39, 0.29) is 18.4 Å². The number of rotatable bonds is 9. The standard InChI is InChI=1S/C22H32ClN3O4/c1-30-20-13-19(24)18(23)12-17(20)22(29)25-14-10-15-6-5-7-16(11-14)26(15)9-4-2-3-8-21(27)28/h12-16H,2-11,24H2,1H3,(H,25,29)(H,27,28). The highest BCUT2D eigenvalue weighted by molar-refractivity contribution is 6.33. The molecule has 1 amide bonds. The van der Waals surface area contributed by atoms with E-state index in [1.807, 2.05) is 0 Å². The summed E-state index contributed by atoms with van der Waals surface area (Å²) in [6, 6.07) is 4.22. The first kappa shape index (κ1) is 22.7. The summed E-state index contributed by atoms with van der Waals surface area (Å²) in [5, 5.41) is 12.3. The monoisotopic (exact) mass is 437 g/mol. The number of hydrogen-bond acceptors (Lipinski definition) is 5. The second kappa shape index (κ2) is 10.4. The zero-order chi connectivity index (χ0) is 21.7. The number of hydrogen-bond donors (Lipinski definition) is 3. The zero-order valence-corrected chi connectivity index (χ0v) is 18.3. The largest absolute Gasteiger partial charge is 0.496 e. The van der Waals surface area contributed by atoms with Crippen LogP contribution in [0.2, 0.25) is 5.02 Å². The van der Waals surface area contributed by atoms with Gasteiger partial charge >= 0.3 is 5.97 Å². The molecule has 1 aromatic rings. The van der Waals surface area contributed by atoms with Gasteiger partial charge in [-0.1, -0.05) is 24.4 Å². The molecule has 7 nitrogen and oxygen atoms in total. The van der Waals surface area contributed by atoms with Gasteiger partial charge in [0.2, 0.25) is 0 Å². The smallest absolute Gasteiger partial charge is 0.303 e. The van der Waals surface area contributed by atoms with Crippen LogP contribution in [-0.2, 0) is 4.79 Å². The lowest BCUT2D eigenvalue weighted by molar-refractivity contribution is -0.137. The Labute approximate surface area is 182 Å². The van der Waals surface area contributed by atoms with Gasteiger partial charge < -0.3 is 20.9 Å². The first-order chi connectivity index (χ1) is 14.4. The summed E-state index contributed by atoms with van der Waals surface area (Å²) >= 11 is 6.12. The normalized spacial score (nSPS) is 23.7. The first-order valence-corrected chi connectivity index (χ1v) is 11.2. The Balaban J connectivity index is 1.57. The number of nitrogens with two attached hydrogens (primary N) is 1. The number of anilines is 1. The summed E-state index contributed by atoms with van der Waals surface area (Å²) in [5.74, 6) is -0.477. The predicted octanol–water partition coefficient (Wildman–Crippen LogP) is 3.69. The minimum Gasteiger partial charge on any atom is -0.496 e. The molecule has 0 aliphatic carbocycles. The Hall–Kier alpha value is -1.99. The third-order valence-electron chi connectivity index (χ3n) is 6.33. The van der Waals surface area contributed by atoms with E-state index >= 15 is 0 Å². The van der Waals surface area contributed by atoms with E-state index in [9.17, 15) is 9.59 Å². The fourth-order valence-electron chi connectivity index (χ4n) is 4.89. The number of nitrogen functional groups attached to an aromatic ring is 1. The summed E-state index contributed by atoms with van der Waals surface area (Å²) in [5.41, 5.74) is 6.61. The van der Waals surface area contributed by atoms with E-state index in [1.54, 1.807) is 12.1 Å². The molecule has 8 heteroatoms. The van der Waals surface area contributed by atoms with Crippen molar-refractivity contribution in [3.05, 3.63) is 22.7 Å². The van der Waals surface area contributed by atoms with Crippen LogP contribution >= 0.6 is 11.6 Å². The molecule has 2 saturated heterocycles. The van der Waals surface area contributed by atoms with Gasteiger partial charge in [0, 0.05) is 30.6 Å². The Bertz CT molecular complexity index is 759. The summed E-state index contributed by atoms with van der Waals surface area (Å²) < 4.78 is 5.32. The number of piperidine rings is 2. The van der Waals surface area contributed by atoms with Crippen LogP contribution in [0.4, 0.5) is 5.69 Å². The van der Waals surface area contributed by atoms with Crippen molar-refractivity contribution in [2.24, 2.45) is 0 Å². The number of carbonyl (C=O) groups is 2. The fourth-order valence-corrected chi connectivity index (χ4v) is 5.05. The van der Waals surface area contributed by atoms with Crippen LogP contribution in [0, 0.1) is 0 Å². The molecule has 2 aliphatic rings. The summed E-state index contributed by atoms with van der Waals surface area (Å²) in [4.78, 5) is 26.2. The van der Waals surface area contributed by atoms with E-state index in [4.69, 9.17) is 27.2 Å². The molecule has 2 bridgehead atoms. The molecule has 2 atom stereocenters. The molecular weight excluding hydrogens is 406 g/mol. The highest BCUT2D eigenvalue weighted by atomic mass is 35.5. The minimum absolute atomic E-state index is 0.122. The minimum atomic E-state index is -0.720. The predicted molar refractivity (Wildman–Crippen MR) is 117 cm³/mol. The molecule has 2 aliphatic heterocycles. The number of ether oxygens (including phenoxy) is 1. The van der Waals surface area contributed by atoms with E-state index in [0.717, 1.165) is 51.5 Å². The third kappa shape index (κ3) is 5.58. The quantitative estimate of drug-likeness (QED) is 0.402. The van der Waals surface area contributed by atoms with Crippen molar-refractivity contribution in [2.75, 3.05) is 19.4 Å². The van der Waals surface area contributed by atoms with E-state index in [2.05, 4.69) is 10.2 Å². The second-order valence-electron chi connectivity index (χ2n) is 8.40. The van der Waals surface area contributed by atoms with Gasteiger partial charge in [0.15, 0.2) is 0 Å². The molecule has 3 rings (SSSR count). The molecule has 0 radical (unpaired) electrons. The van der Waals surface area contributed by atoms with Gasteiger partial charge in [-0.3, -0.25) is 14.5 Å². The maximum Gasteiger partial charge on any atom is 0.303 e. The highest BCUT2D eigenvalue weighted by Gasteiger charge is 2.38. The van der Waals surface area contributed by atoms with Crippen LogP contribution in [0.1, 0.15) is 68.1 Å². The lowest BCUT2D eigenvalue weighted by Crippen LogP contribution is -2.57. The molecule has 0 aromatic heterocycles. The number of amides is 1. The number of carbonyl (C=O) groups excluding carboxylic acids is 1. The third-order valence-corrected chi connectivity index (χ3v) is 6.66. The van der Waals surface area contributed by atoms with Crippen LogP contribution in [0.5, 0.6) is 5.75 Å². The highest BCUT2D eigenvalue weighted by Crippen LogP contribution is 2.35. The van der Waals surface area contributed by atoms with Crippen molar-refractivity contribution in [1.29, 1.82) is 0 Å². The fraction of sp³-hybridized carbons (Fsp3) is 0.636. The summed E-state index contributed by atoms with van der Waals surface area (Å²) in [7, 11) is 1.51. The molecular formula is C22H32ClN3O4. The Morgan fingerprint density at radius 2 is 1.93 bits per heavy atom. The van der Waals surface area contributed by atoms with E-state index in [0.29, 0.717) is 34.1 Å². The van der Waals surface area contributed by atoms with Crippen molar-refractivity contribution in [1.82, 2.24) is 10.2 Å². The molecule has 30 heavy (non-hydrogen) atoms. The number of benzene rings is 1. The van der Waals surface area contributed by atoms with Gasteiger partial charge in [-0.25, -0.2) is 0 Å². The number of nitrogens with zero attached hydrogens (tertiary/aromatic N) is 1. The summed E-state index contributed by atoms with van der Waals surface area (Å²) in [6.07, 6.45) is 8.35. The Kier molecular flexibility index (Phi) is 7.83. The molecule has 2 fully saturated rings. The lowest BCUT2D eigenvalue weighted by atomic mass is 9.81. The number of unbranched alkanes of at least 4 members (excludes halogenated alkanes) is 2. The number of aliphatic carboxylic acids is 1. The van der Waals surface area contributed by atoms with Crippen LogP contribution < -0.4 is 15.8 Å². The van der Waals surface area contributed by atoms with Crippen LogP contribution in [0.15, 0.2) is 12.1 Å². The Morgan fingerprint density at radius 1 is 1.23 bits per heavy atom. The molecule has 0 spiro atoms. The zero-order valence-electron chi connectivity index (χ0n) is 17.5. The van der Waals surface area contributed by atoms with E-state index in [1.165, 1.54) is 13.5 Å². The molecule has 1 aromatic carbocycles. The van der Waals surface area contributed by atoms with Crippen LogP contribution in [0.25, 0.3) is 0 Å². The summed E-state index contributed by atoms with van der Waals surface area (Å²) in [6.45, 7) is 1.01.